The van der Waals surface area contributed by atoms with Crippen molar-refractivity contribution in [1.82, 2.24) is 25.7 Å². The van der Waals surface area contributed by atoms with Gasteiger partial charge in [0.15, 0.2) is 0 Å². The van der Waals surface area contributed by atoms with Gasteiger partial charge in [0.05, 0.1) is 6.54 Å². The van der Waals surface area contributed by atoms with Gasteiger partial charge in [-0.1, -0.05) is 12.1 Å². The van der Waals surface area contributed by atoms with Crippen molar-refractivity contribution in [3.63, 3.8) is 0 Å². The molecule has 0 aliphatic heterocycles. The number of nitrogens with one attached hydrogen (secondary N) is 3. The molecule has 1 aromatic heterocycles. The predicted molar refractivity (Wildman–Crippen MR) is 96.1 cm³/mol. The predicted octanol–water partition coefficient (Wildman–Crippen LogP) is 1.91. The number of aromatic nitrogens is 2. The largest absolute Gasteiger partial charge is 0.348 e. The maximum absolute atomic E-state index is 12.3. The summed E-state index contributed by atoms with van der Waals surface area (Å²) in [6.07, 6.45) is 3.57. The summed E-state index contributed by atoms with van der Waals surface area (Å²) in [6, 6.07) is 8.89. The van der Waals surface area contributed by atoms with Gasteiger partial charge in [-0.2, -0.15) is 5.10 Å². The number of urea groups is 1. The van der Waals surface area contributed by atoms with Crippen LogP contribution < -0.4 is 16.0 Å². The molecule has 0 aliphatic carbocycles. The number of rotatable bonds is 7. The molecule has 0 fully saturated rings. The van der Waals surface area contributed by atoms with Crippen LogP contribution >= 0.6 is 0 Å². The van der Waals surface area contributed by atoms with E-state index in [1.165, 1.54) is 0 Å². The molecular weight excluding hydrogens is 318 g/mol. The van der Waals surface area contributed by atoms with E-state index in [2.05, 4.69) is 21.0 Å². The summed E-state index contributed by atoms with van der Waals surface area (Å²) in [4.78, 5) is 23.8. The SMILES string of the molecule is CC(C)NC(=O)NCc1ccc(C(=O)N[C@@H](C)Cn2cccn2)cc1. The minimum atomic E-state index is -0.204. The summed E-state index contributed by atoms with van der Waals surface area (Å²) in [5.74, 6) is -0.128. The standard InChI is InChI=1S/C18H25N5O2/c1-13(2)21-18(25)19-11-15-5-7-16(8-6-15)17(24)22-14(3)12-23-10-4-9-20-23/h4-10,13-14H,11-12H2,1-3H3,(H,22,24)(H2,19,21,25)/t14-/m0/s1. The molecule has 0 spiro atoms. The summed E-state index contributed by atoms with van der Waals surface area (Å²) in [5, 5.41) is 12.6. The van der Waals surface area contributed by atoms with Crippen LogP contribution in [-0.2, 0) is 13.1 Å². The van der Waals surface area contributed by atoms with Gasteiger partial charge in [-0.15, -0.1) is 0 Å². The van der Waals surface area contributed by atoms with Crippen LogP contribution in [0.5, 0.6) is 0 Å². The Morgan fingerprint density at radius 3 is 2.44 bits per heavy atom. The number of carbonyl (C=O) groups is 2. The Balaban J connectivity index is 1.82. The minimum Gasteiger partial charge on any atom is -0.348 e. The second-order valence-corrected chi connectivity index (χ2v) is 6.28. The van der Waals surface area contributed by atoms with Crippen molar-refractivity contribution in [2.75, 3.05) is 0 Å². The highest BCUT2D eigenvalue weighted by Gasteiger charge is 2.10. The average molecular weight is 343 g/mol. The van der Waals surface area contributed by atoms with E-state index in [1.807, 2.05) is 45.2 Å². The highest BCUT2D eigenvalue weighted by atomic mass is 16.2. The number of nitrogens with zero attached hydrogens (tertiary/aromatic N) is 2. The molecule has 0 unspecified atom stereocenters. The summed E-state index contributed by atoms with van der Waals surface area (Å²) in [6.45, 7) is 6.77. The summed E-state index contributed by atoms with van der Waals surface area (Å²) < 4.78 is 1.78. The van der Waals surface area contributed by atoms with E-state index >= 15 is 0 Å². The number of benzene rings is 1. The van der Waals surface area contributed by atoms with Gasteiger partial charge in [-0.3, -0.25) is 9.48 Å². The van der Waals surface area contributed by atoms with Gasteiger partial charge in [0.25, 0.3) is 5.91 Å². The van der Waals surface area contributed by atoms with Crippen LogP contribution in [0.4, 0.5) is 4.79 Å². The average Bonchev–Trinajstić information content (AvgIpc) is 3.05. The lowest BCUT2D eigenvalue weighted by Crippen LogP contribution is -2.39. The van der Waals surface area contributed by atoms with E-state index in [0.29, 0.717) is 18.7 Å². The van der Waals surface area contributed by atoms with E-state index in [-0.39, 0.29) is 24.0 Å². The Morgan fingerprint density at radius 2 is 1.84 bits per heavy atom. The molecule has 2 aromatic rings. The normalized spacial score (nSPS) is 11.8. The Bertz CT molecular complexity index is 680. The maximum Gasteiger partial charge on any atom is 0.315 e. The van der Waals surface area contributed by atoms with Crippen LogP contribution in [0.15, 0.2) is 42.7 Å². The lowest BCUT2D eigenvalue weighted by atomic mass is 10.1. The molecule has 3 amide bonds. The first-order chi connectivity index (χ1) is 11.9. The first-order valence-corrected chi connectivity index (χ1v) is 8.35. The van der Waals surface area contributed by atoms with Gasteiger partial charge < -0.3 is 16.0 Å². The van der Waals surface area contributed by atoms with Crippen molar-refractivity contribution >= 4 is 11.9 Å². The van der Waals surface area contributed by atoms with Crippen molar-refractivity contribution in [2.24, 2.45) is 0 Å². The van der Waals surface area contributed by atoms with Gasteiger partial charge in [0, 0.05) is 36.6 Å². The molecular formula is C18H25N5O2. The molecule has 3 N–H and O–H groups in total. The Morgan fingerprint density at radius 1 is 1.12 bits per heavy atom. The maximum atomic E-state index is 12.3. The molecule has 0 bridgehead atoms. The smallest absolute Gasteiger partial charge is 0.315 e. The molecule has 2 rings (SSSR count). The van der Waals surface area contributed by atoms with Crippen molar-refractivity contribution in [3.8, 4) is 0 Å². The Kier molecular flexibility index (Phi) is 6.56. The Labute approximate surface area is 147 Å². The van der Waals surface area contributed by atoms with E-state index < -0.39 is 0 Å². The van der Waals surface area contributed by atoms with Crippen LogP contribution in [0.25, 0.3) is 0 Å². The van der Waals surface area contributed by atoms with E-state index in [4.69, 9.17) is 0 Å². The fourth-order valence-corrected chi connectivity index (χ4v) is 2.31. The van der Waals surface area contributed by atoms with Crippen LogP contribution in [-0.4, -0.2) is 33.8 Å². The molecule has 1 aromatic carbocycles. The zero-order chi connectivity index (χ0) is 18.2. The molecule has 7 nitrogen and oxygen atoms in total. The number of amides is 3. The van der Waals surface area contributed by atoms with Crippen molar-refractivity contribution in [1.29, 1.82) is 0 Å². The third kappa shape index (κ3) is 6.29. The summed E-state index contributed by atoms with van der Waals surface area (Å²) in [7, 11) is 0. The van der Waals surface area contributed by atoms with Gasteiger partial charge >= 0.3 is 6.03 Å². The first kappa shape index (κ1) is 18.5. The molecule has 134 valence electrons. The minimum absolute atomic E-state index is 0.0338. The number of hydrogen-bond acceptors (Lipinski definition) is 3. The Hall–Kier alpha value is -2.83. The van der Waals surface area contributed by atoms with Gasteiger partial charge in [-0.05, 0) is 44.5 Å². The van der Waals surface area contributed by atoms with Crippen LogP contribution in [0, 0.1) is 0 Å². The molecule has 1 atom stereocenters. The summed E-state index contributed by atoms with van der Waals surface area (Å²) >= 11 is 0. The molecule has 0 saturated carbocycles. The lowest BCUT2D eigenvalue weighted by Gasteiger charge is -2.14. The molecule has 0 saturated heterocycles. The number of carbonyl (C=O) groups excluding carboxylic acids is 2. The lowest BCUT2D eigenvalue weighted by molar-refractivity contribution is 0.0936. The van der Waals surface area contributed by atoms with E-state index in [0.717, 1.165) is 5.56 Å². The fourth-order valence-electron chi connectivity index (χ4n) is 2.31. The van der Waals surface area contributed by atoms with E-state index in [9.17, 15) is 9.59 Å². The van der Waals surface area contributed by atoms with Crippen LogP contribution in [0.2, 0.25) is 0 Å². The van der Waals surface area contributed by atoms with Crippen LogP contribution in [0.1, 0.15) is 36.7 Å². The molecule has 25 heavy (non-hydrogen) atoms. The number of hydrogen-bond donors (Lipinski definition) is 3. The van der Waals surface area contributed by atoms with Gasteiger partial charge in [-0.25, -0.2) is 4.79 Å². The fraction of sp³-hybridized carbons (Fsp3) is 0.389. The van der Waals surface area contributed by atoms with Crippen molar-refractivity contribution < 1.29 is 9.59 Å². The second-order valence-electron chi connectivity index (χ2n) is 6.28. The topological polar surface area (TPSA) is 88.0 Å². The monoisotopic (exact) mass is 343 g/mol. The summed E-state index contributed by atoms with van der Waals surface area (Å²) in [5.41, 5.74) is 1.52. The third-order valence-electron chi connectivity index (χ3n) is 3.49. The highest BCUT2D eigenvalue weighted by molar-refractivity contribution is 5.94. The quantitative estimate of drug-likeness (QED) is 0.717. The van der Waals surface area contributed by atoms with Crippen LogP contribution in [0.3, 0.4) is 0 Å². The molecule has 7 heteroatoms. The first-order valence-electron chi connectivity index (χ1n) is 8.35. The van der Waals surface area contributed by atoms with Gasteiger partial charge in [0.2, 0.25) is 0 Å². The highest BCUT2D eigenvalue weighted by Crippen LogP contribution is 2.05. The second kappa shape index (κ2) is 8.86. The molecule has 1 heterocycles. The van der Waals surface area contributed by atoms with Crippen molar-refractivity contribution in [3.05, 3.63) is 53.9 Å². The van der Waals surface area contributed by atoms with Crippen molar-refractivity contribution in [2.45, 2.75) is 45.9 Å². The zero-order valence-corrected chi connectivity index (χ0v) is 14.8. The molecule has 0 radical (unpaired) electrons. The molecule has 0 aliphatic rings. The zero-order valence-electron chi connectivity index (χ0n) is 14.8. The van der Waals surface area contributed by atoms with Gasteiger partial charge in [0.1, 0.15) is 0 Å². The van der Waals surface area contributed by atoms with E-state index in [1.54, 1.807) is 23.0 Å². The third-order valence-corrected chi connectivity index (χ3v) is 3.49.